The maximum atomic E-state index is 13.9. The summed E-state index contributed by atoms with van der Waals surface area (Å²) in [6, 6.07) is 8.95. The SMILES string of the molecule is CC(C)(C)N1CC(F)CC1c1ccccc1C1CC1. The Labute approximate surface area is 115 Å². The van der Waals surface area contributed by atoms with E-state index in [-0.39, 0.29) is 11.6 Å². The van der Waals surface area contributed by atoms with Gasteiger partial charge in [0.05, 0.1) is 0 Å². The quantitative estimate of drug-likeness (QED) is 0.760. The summed E-state index contributed by atoms with van der Waals surface area (Å²) in [4.78, 5) is 2.35. The van der Waals surface area contributed by atoms with E-state index in [1.165, 1.54) is 24.0 Å². The lowest BCUT2D eigenvalue weighted by Gasteiger charge is -2.37. The number of alkyl halides is 1. The van der Waals surface area contributed by atoms with Crippen LogP contribution in [0.4, 0.5) is 4.39 Å². The van der Waals surface area contributed by atoms with Crippen molar-refractivity contribution >= 4 is 0 Å². The van der Waals surface area contributed by atoms with Gasteiger partial charge in [0.2, 0.25) is 0 Å². The zero-order valence-corrected chi connectivity index (χ0v) is 12.2. The van der Waals surface area contributed by atoms with E-state index in [2.05, 4.69) is 49.9 Å². The van der Waals surface area contributed by atoms with Crippen LogP contribution in [0.5, 0.6) is 0 Å². The molecular weight excluding hydrogens is 237 g/mol. The highest BCUT2D eigenvalue weighted by Gasteiger charge is 2.41. The van der Waals surface area contributed by atoms with Crippen LogP contribution in [0.1, 0.15) is 63.1 Å². The molecule has 1 aliphatic heterocycles. The Balaban J connectivity index is 1.96. The van der Waals surface area contributed by atoms with Gasteiger partial charge >= 0.3 is 0 Å². The molecule has 0 bridgehead atoms. The summed E-state index contributed by atoms with van der Waals surface area (Å²) in [5, 5.41) is 0. The minimum atomic E-state index is -0.684. The molecule has 19 heavy (non-hydrogen) atoms. The number of benzene rings is 1. The molecule has 0 aromatic heterocycles. The third-order valence-electron chi connectivity index (χ3n) is 4.48. The van der Waals surface area contributed by atoms with Crippen LogP contribution in [0.15, 0.2) is 24.3 Å². The van der Waals surface area contributed by atoms with Crippen LogP contribution in [0, 0.1) is 0 Å². The molecule has 1 heterocycles. The molecule has 1 saturated heterocycles. The second-order valence-electron chi connectivity index (χ2n) is 7.08. The summed E-state index contributed by atoms with van der Waals surface area (Å²) < 4.78 is 13.9. The van der Waals surface area contributed by atoms with Crippen LogP contribution in [0.2, 0.25) is 0 Å². The van der Waals surface area contributed by atoms with Gasteiger partial charge in [-0.25, -0.2) is 4.39 Å². The summed E-state index contributed by atoms with van der Waals surface area (Å²) in [7, 11) is 0. The second-order valence-corrected chi connectivity index (χ2v) is 7.08. The van der Waals surface area contributed by atoms with Gasteiger partial charge in [0.15, 0.2) is 0 Å². The van der Waals surface area contributed by atoms with Gasteiger partial charge in [0, 0.05) is 18.1 Å². The molecule has 1 aliphatic carbocycles. The first kappa shape index (κ1) is 13.1. The first-order valence-electron chi connectivity index (χ1n) is 7.46. The Morgan fingerprint density at radius 3 is 2.32 bits per heavy atom. The second kappa shape index (κ2) is 4.59. The van der Waals surface area contributed by atoms with Gasteiger partial charge in [-0.05, 0) is 57.1 Å². The molecule has 1 saturated carbocycles. The van der Waals surface area contributed by atoms with Crippen molar-refractivity contribution in [1.82, 2.24) is 4.90 Å². The van der Waals surface area contributed by atoms with Crippen molar-refractivity contribution in [2.75, 3.05) is 6.54 Å². The van der Waals surface area contributed by atoms with E-state index in [9.17, 15) is 4.39 Å². The molecule has 0 amide bonds. The largest absolute Gasteiger partial charge is 0.288 e. The Hall–Kier alpha value is -0.890. The fraction of sp³-hybridized carbons (Fsp3) is 0.647. The molecule has 1 aromatic rings. The maximum absolute atomic E-state index is 13.9. The molecule has 1 nitrogen and oxygen atoms in total. The molecule has 0 radical (unpaired) electrons. The van der Waals surface area contributed by atoms with Crippen molar-refractivity contribution in [2.45, 2.75) is 63.7 Å². The average molecular weight is 261 g/mol. The number of hydrogen-bond donors (Lipinski definition) is 0. The standard InChI is InChI=1S/C17H24FN/c1-17(2,3)19-11-13(18)10-16(19)15-7-5-4-6-14(15)12-8-9-12/h4-7,12-13,16H,8-11H2,1-3H3. The number of likely N-dealkylation sites (tertiary alicyclic amines) is 1. The predicted octanol–water partition coefficient (Wildman–Crippen LogP) is 4.45. The fourth-order valence-electron chi connectivity index (χ4n) is 3.40. The lowest BCUT2D eigenvalue weighted by atomic mass is 9.93. The van der Waals surface area contributed by atoms with E-state index in [4.69, 9.17) is 0 Å². The lowest BCUT2D eigenvalue weighted by Crippen LogP contribution is -2.41. The topological polar surface area (TPSA) is 3.24 Å². The zero-order chi connectivity index (χ0) is 13.6. The molecule has 2 atom stereocenters. The van der Waals surface area contributed by atoms with Crippen LogP contribution in [-0.2, 0) is 0 Å². The van der Waals surface area contributed by atoms with Gasteiger partial charge in [-0.15, -0.1) is 0 Å². The van der Waals surface area contributed by atoms with Crippen molar-refractivity contribution in [3.8, 4) is 0 Å². The van der Waals surface area contributed by atoms with Crippen molar-refractivity contribution in [3.63, 3.8) is 0 Å². The summed E-state index contributed by atoms with van der Waals surface area (Å²) >= 11 is 0. The molecule has 1 aromatic carbocycles. The smallest absolute Gasteiger partial charge is 0.115 e. The van der Waals surface area contributed by atoms with Crippen molar-refractivity contribution in [1.29, 1.82) is 0 Å². The van der Waals surface area contributed by atoms with Gasteiger partial charge in [0.25, 0.3) is 0 Å². The highest BCUT2D eigenvalue weighted by Crippen LogP contribution is 2.47. The highest BCUT2D eigenvalue weighted by molar-refractivity contribution is 5.36. The highest BCUT2D eigenvalue weighted by atomic mass is 19.1. The Morgan fingerprint density at radius 2 is 1.74 bits per heavy atom. The Kier molecular flexibility index (Phi) is 3.17. The third-order valence-corrected chi connectivity index (χ3v) is 4.48. The number of rotatable bonds is 2. The summed E-state index contributed by atoms with van der Waals surface area (Å²) in [5.74, 6) is 0.733. The number of halogens is 1. The molecule has 2 aliphatic rings. The predicted molar refractivity (Wildman–Crippen MR) is 77.1 cm³/mol. The monoisotopic (exact) mass is 261 g/mol. The first-order chi connectivity index (χ1) is 8.97. The molecule has 0 N–H and O–H groups in total. The Bertz CT molecular complexity index is 459. The van der Waals surface area contributed by atoms with E-state index in [0.29, 0.717) is 13.0 Å². The lowest BCUT2D eigenvalue weighted by molar-refractivity contribution is 0.115. The van der Waals surface area contributed by atoms with Crippen molar-refractivity contribution in [3.05, 3.63) is 35.4 Å². The van der Waals surface area contributed by atoms with Crippen molar-refractivity contribution < 1.29 is 4.39 Å². The molecule has 2 fully saturated rings. The molecule has 2 heteroatoms. The van der Waals surface area contributed by atoms with Gasteiger partial charge in [-0.1, -0.05) is 24.3 Å². The number of nitrogens with zero attached hydrogens (tertiary/aromatic N) is 1. The molecular formula is C17H24FN. The van der Waals surface area contributed by atoms with Crippen molar-refractivity contribution in [2.24, 2.45) is 0 Å². The third kappa shape index (κ3) is 2.55. The minimum Gasteiger partial charge on any atom is -0.288 e. The molecule has 104 valence electrons. The number of hydrogen-bond acceptors (Lipinski definition) is 1. The van der Waals surface area contributed by atoms with Crippen LogP contribution < -0.4 is 0 Å². The van der Waals surface area contributed by atoms with Crippen LogP contribution in [0.25, 0.3) is 0 Å². The normalized spacial score (nSPS) is 28.8. The van der Waals surface area contributed by atoms with Crippen LogP contribution in [0.3, 0.4) is 0 Å². The van der Waals surface area contributed by atoms with Gasteiger partial charge in [0.1, 0.15) is 6.17 Å². The Morgan fingerprint density at radius 1 is 1.11 bits per heavy atom. The van der Waals surface area contributed by atoms with E-state index >= 15 is 0 Å². The molecule has 0 spiro atoms. The summed E-state index contributed by atoms with van der Waals surface area (Å²) in [6.07, 6.45) is 2.58. The average Bonchev–Trinajstić information content (AvgIpc) is 3.11. The fourth-order valence-corrected chi connectivity index (χ4v) is 3.40. The summed E-state index contributed by atoms with van der Waals surface area (Å²) in [5.41, 5.74) is 2.87. The first-order valence-corrected chi connectivity index (χ1v) is 7.46. The van der Waals surface area contributed by atoms with Crippen LogP contribution in [-0.4, -0.2) is 23.2 Å². The summed E-state index contributed by atoms with van der Waals surface area (Å²) in [6.45, 7) is 7.15. The zero-order valence-electron chi connectivity index (χ0n) is 12.2. The maximum Gasteiger partial charge on any atom is 0.115 e. The van der Waals surface area contributed by atoms with E-state index in [1.807, 2.05) is 0 Å². The van der Waals surface area contributed by atoms with Gasteiger partial charge in [-0.3, -0.25) is 4.90 Å². The van der Waals surface area contributed by atoms with E-state index in [0.717, 1.165) is 5.92 Å². The van der Waals surface area contributed by atoms with Crippen LogP contribution >= 0.6 is 0 Å². The van der Waals surface area contributed by atoms with Gasteiger partial charge < -0.3 is 0 Å². The van der Waals surface area contributed by atoms with Gasteiger partial charge in [-0.2, -0.15) is 0 Å². The minimum absolute atomic E-state index is 0.0299. The van der Waals surface area contributed by atoms with E-state index in [1.54, 1.807) is 0 Å². The molecule has 3 rings (SSSR count). The molecule has 2 unspecified atom stereocenters. The van der Waals surface area contributed by atoms with E-state index < -0.39 is 6.17 Å².